The number of hydrogen-bond acceptors (Lipinski definition) is 6. The van der Waals surface area contributed by atoms with E-state index < -0.39 is 23.7 Å². The van der Waals surface area contributed by atoms with Crippen LogP contribution in [0.25, 0.3) is 21.8 Å². The summed E-state index contributed by atoms with van der Waals surface area (Å²) < 4.78 is 5.86. The molecule has 1 aliphatic heterocycles. The molecule has 0 spiro atoms. The number of aromatic nitrogens is 1. The molecule has 5 rings (SSSR count). The highest BCUT2D eigenvalue weighted by Gasteiger charge is 2.35. The number of esters is 1. The smallest absolute Gasteiger partial charge is 0.344 e. The van der Waals surface area contributed by atoms with Crippen LogP contribution in [0.3, 0.4) is 0 Å². The first-order valence-corrected chi connectivity index (χ1v) is 10.9. The van der Waals surface area contributed by atoms with E-state index in [1.54, 1.807) is 13.8 Å². The molecule has 7 heteroatoms. The summed E-state index contributed by atoms with van der Waals surface area (Å²) in [6.45, 7) is 3.42. The van der Waals surface area contributed by atoms with Crippen molar-refractivity contribution in [1.29, 1.82) is 0 Å². The minimum absolute atomic E-state index is 0.0338. The highest BCUT2D eigenvalue weighted by atomic mass is 16.5. The summed E-state index contributed by atoms with van der Waals surface area (Å²) in [5, 5.41) is 1.36. The van der Waals surface area contributed by atoms with E-state index in [0.29, 0.717) is 49.1 Å². The molecule has 3 amide bonds. The number of carbonyl (C=O) groups excluding carboxylic acids is 4. The molecule has 0 atom stereocenters. The molecule has 0 unspecified atom stereocenters. The number of rotatable bonds is 3. The first-order chi connectivity index (χ1) is 16.3. The number of imide groups is 3. The van der Waals surface area contributed by atoms with Gasteiger partial charge >= 0.3 is 5.97 Å². The van der Waals surface area contributed by atoms with Crippen LogP contribution in [0.15, 0.2) is 60.7 Å². The lowest BCUT2D eigenvalue weighted by Gasteiger charge is -2.16. The molecule has 0 bridgehead atoms. The second-order valence-corrected chi connectivity index (χ2v) is 8.28. The highest BCUT2D eigenvalue weighted by molar-refractivity contribution is 6.20. The summed E-state index contributed by atoms with van der Waals surface area (Å²) in [5.41, 5.74) is 3.05. The van der Waals surface area contributed by atoms with E-state index in [2.05, 4.69) is 4.98 Å². The topological polar surface area (TPSA) is 93.6 Å². The molecule has 0 saturated carbocycles. The summed E-state index contributed by atoms with van der Waals surface area (Å²) >= 11 is 0. The molecule has 3 aromatic carbocycles. The first kappa shape index (κ1) is 21.5. The van der Waals surface area contributed by atoms with Crippen molar-refractivity contribution in [2.24, 2.45) is 0 Å². The Morgan fingerprint density at radius 1 is 0.824 bits per heavy atom. The Morgan fingerprint density at radius 2 is 1.32 bits per heavy atom. The Kier molecular flexibility index (Phi) is 5.17. The number of para-hydroxylation sites is 2. The van der Waals surface area contributed by atoms with Crippen LogP contribution in [0.2, 0.25) is 0 Å². The Labute approximate surface area is 195 Å². The van der Waals surface area contributed by atoms with Gasteiger partial charge in [0.15, 0.2) is 0 Å². The van der Waals surface area contributed by atoms with Gasteiger partial charge in [0, 0.05) is 29.2 Å². The van der Waals surface area contributed by atoms with E-state index in [1.807, 2.05) is 48.5 Å². The molecule has 0 aliphatic carbocycles. The van der Waals surface area contributed by atoms with Crippen LogP contribution < -0.4 is 4.74 Å². The van der Waals surface area contributed by atoms with Gasteiger partial charge in [0.2, 0.25) is 11.8 Å². The normalized spacial score (nSPS) is 13.6. The zero-order valence-corrected chi connectivity index (χ0v) is 18.6. The zero-order valence-electron chi connectivity index (χ0n) is 18.6. The monoisotopic (exact) mass is 452 g/mol. The van der Waals surface area contributed by atoms with Crippen LogP contribution in [0.1, 0.15) is 44.7 Å². The Morgan fingerprint density at radius 3 is 1.85 bits per heavy atom. The third-order valence-electron chi connectivity index (χ3n) is 5.95. The van der Waals surface area contributed by atoms with Gasteiger partial charge in [-0.3, -0.25) is 14.4 Å². The van der Waals surface area contributed by atoms with Crippen molar-refractivity contribution in [3.63, 3.8) is 0 Å². The number of amides is 3. The average Bonchev–Trinajstić information content (AvgIpc) is 3.16. The molecule has 168 valence electrons. The van der Waals surface area contributed by atoms with Crippen molar-refractivity contribution in [1.82, 2.24) is 9.88 Å². The van der Waals surface area contributed by atoms with Gasteiger partial charge < -0.3 is 4.74 Å². The third-order valence-corrected chi connectivity index (χ3v) is 5.95. The lowest BCUT2D eigenvalue weighted by atomic mass is 10.0. The van der Waals surface area contributed by atoms with Crippen molar-refractivity contribution in [3.8, 4) is 5.75 Å². The van der Waals surface area contributed by atoms with Gasteiger partial charge in [-0.2, -0.15) is 0 Å². The Hall–Kier alpha value is -4.39. The molecule has 1 aliphatic rings. The second kappa shape index (κ2) is 8.19. The molecule has 2 heterocycles. The van der Waals surface area contributed by atoms with E-state index in [9.17, 15) is 19.2 Å². The molecular weight excluding hydrogens is 432 g/mol. The van der Waals surface area contributed by atoms with Gasteiger partial charge in [0.05, 0.1) is 16.6 Å². The van der Waals surface area contributed by atoms with Crippen LogP contribution >= 0.6 is 0 Å². The number of benzene rings is 3. The van der Waals surface area contributed by atoms with Crippen LogP contribution in [-0.4, -0.2) is 33.6 Å². The summed E-state index contributed by atoms with van der Waals surface area (Å²) in [6, 6.07) is 17.8. The van der Waals surface area contributed by atoms with Gasteiger partial charge in [-0.25, -0.2) is 14.7 Å². The predicted molar refractivity (Wildman–Crippen MR) is 126 cm³/mol. The van der Waals surface area contributed by atoms with Crippen molar-refractivity contribution >= 4 is 45.5 Å². The van der Waals surface area contributed by atoms with Gasteiger partial charge in [-0.1, -0.05) is 36.4 Å². The number of ether oxygens (including phenoxy) is 1. The number of aryl methyl sites for hydroxylation is 2. The van der Waals surface area contributed by atoms with E-state index >= 15 is 0 Å². The molecule has 0 radical (unpaired) electrons. The van der Waals surface area contributed by atoms with E-state index in [-0.39, 0.29) is 18.4 Å². The maximum atomic E-state index is 13.4. The van der Waals surface area contributed by atoms with Crippen LogP contribution in [0.5, 0.6) is 5.75 Å². The Bertz CT molecular complexity index is 1450. The quantitative estimate of drug-likeness (QED) is 0.196. The first-order valence-electron chi connectivity index (χ1n) is 10.9. The summed E-state index contributed by atoms with van der Waals surface area (Å²) in [7, 11) is 0. The molecular formula is C27H20N2O5. The lowest BCUT2D eigenvalue weighted by Crippen LogP contribution is -2.35. The van der Waals surface area contributed by atoms with Gasteiger partial charge in [-0.05, 0) is 49.2 Å². The molecule has 4 aromatic rings. The number of nitrogens with zero attached hydrogens (tertiary/aromatic N) is 2. The van der Waals surface area contributed by atoms with Crippen LogP contribution in [0.4, 0.5) is 0 Å². The number of hydrogen-bond donors (Lipinski definition) is 0. The van der Waals surface area contributed by atoms with E-state index in [1.165, 1.54) is 12.1 Å². The van der Waals surface area contributed by atoms with E-state index in [4.69, 9.17) is 4.74 Å². The van der Waals surface area contributed by atoms with Crippen molar-refractivity contribution in [2.75, 3.05) is 0 Å². The predicted octanol–water partition coefficient (Wildman–Crippen LogP) is 4.51. The van der Waals surface area contributed by atoms with Gasteiger partial charge in [0.25, 0.3) is 5.91 Å². The largest absolute Gasteiger partial charge is 0.422 e. The van der Waals surface area contributed by atoms with Gasteiger partial charge in [-0.15, -0.1) is 0 Å². The summed E-state index contributed by atoms with van der Waals surface area (Å²) in [4.78, 5) is 55.5. The molecule has 1 fully saturated rings. The number of carbonyl (C=O) groups is 4. The molecule has 1 aromatic heterocycles. The fraction of sp³-hybridized carbons (Fsp3) is 0.148. The van der Waals surface area contributed by atoms with Crippen molar-refractivity contribution in [3.05, 3.63) is 82.9 Å². The molecule has 0 N–H and O–H groups in total. The second-order valence-electron chi connectivity index (χ2n) is 8.28. The molecule has 7 nitrogen and oxygen atoms in total. The van der Waals surface area contributed by atoms with Crippen LogP contribution in [-0.2, 0) is 9.59 Å². The van der Waals surface area contributed by atoms with Gasteiger partial charge in [0.1, 0.15) is 5.75 Å². The maximum Gasteiger partial charge on any atom is 0.344 e. The highest BCUT2D eigenvalue weighted by Crippen LogP contribution is 2.31. The standard InChI is InChI=1S/C27H20N2O5/c1-15-13-17(26(32)29-22(30)11-12-23(29)31)14-16(2)25(15)34-27(33)24-18-7-3-5-9-20(18)28-21-10-6-4-8-19(21)24/h3-10,13-14H,11-12H2,1-2H3. The zero-order chi connectivity index (χ0) is 24.0. The van der Waals surface area contributed by atoms with Crippen molar-refractivity contribution in [2.45, 2.75) is 26.7 Å². The van der Waals surface area contributed by atoms with Crippen LogP contribution in [0, 0.1) is 13.8 Å². The summed E-state index contributed by atoms with van der Waals surface area (Å²) in [5.74, 6) is -1.88. The Balaban J connectivity index is 1.54. The summed E-state index contributed by atoms with van der Waals surface area (Å²) in [6.07, 6.45) is 0.0676. The molecule has 34 heavy (non-hydrogen) atoms. The van der Waals surface area contributed by atoms with E-state index in [0.717, 1.165) is 0 Å². The maximum absolute atomic E-state index is 13.4. The van der Waals surface area contributed by atoms with Crippen molar-refractivity contribution < 1.29 is 23.9 Å². The fourth-order valence-corrected chi connectivity index (χ4v) is 4.37. The number of pyridine rings is 1. The number of fused-ring (bicyclic) bond motifs is 2. The minimum Gasteiger partial charge on any atom is -0.422 e. The number of likely N-dealkylation sites (tertiary alicyclic amines) is 1. The fourth-order valence-electron chi connectivity index (χ4n) is 4.37. The average molecular weight is 452 g/mol. The molecule has 1 saturated heterocycles. The lowest BCUT2D eigenvalue weighted by molar-refractivity contribution is -0.135. The SMILES string of the molecule is Cc1cc(C(=O)N2C(=O)CCC2=O)cc(C)c1OC(=O)c1c2ccccc2nc2ccccc12. The minimum atomic E-state index is -0.664. The third kappa shape index (κ3) is 3.51.